The lowest BCUT2D eigenvalue weighted by Gasteiger charge is -2.03. The van der Waals surface area contributed by atoms with Gasteiger partial charge in [0.15, 0.2) is 6.29 Å². The Morgan fingerprint density at radius 1 is 1.47 bits per heavy atom. The molecule has 0 amide bonds. The number of rotatable bonds is 5. The Balaban J connectivity index is 2.88. The number of methoxy groups -OCH3 is 1. The Morgan fingerprint density at radius 2 is 2.27 bits per heavy atom. The lowest BCUT2D eigenvalue weighted by molar-refractivity contribution is 0.112. The van der Waals surface area contributed by atoms with Crippen LogP contribution in [0.25, 0.3) is 6.08 Å². The summed E-state index contributed by atoms with van der Waals surface area (Å²) >= 11 is 4.11. The molecule has 0 bridgehead atoms. The van der Waals surface area contributed by atoms with Crippen molar-refractivity contribution < 1.29 is 9.53 Å². The van der Waals surface area contributed by atoms with Crippen LogP contribution in [0.5, 0.6) is 5.75 Å². The van der Waals surface area contributed by atoms with E-state index in [1.165, 1.54) is 0 Å². The van der Waals surface area contributed by atoms with E-state index in [2.05, 4.69) is 12.6 Å². The zero-order valence-corrected chi connectivity index (χ0v) is 9.54. The van der Waals surface area contributed by atoms with Gasteiger partial charge >= 0.3 is 0 Å². The van der Waals surface area contributed by atoms with E-state index >= 15 is 0 Å². The largest absolute Gasteiger partial charge is 0.496 e. The van der Waals surface area contributed by atoms with Crippen LogP contribution < -0.4 is 4.74 Å². The molecule has 0 N–H and O–H groups in total. The van der Waals surface area contributed by atoms with Gasteiger partial charge in [0.2, 0.25) is 0 Å². The minimum Gasteiger partial charge on any atom is -0.496 e. The average molecular weight is 222 g/mol. The Morgan fingerprint density at radius 3 is 2.87 bits per heavy atom. The van der Waals surface area contributed by atoms with Crippen LogP contribution in [0.2, 0.25) is 0 Å². The molecule has 0 aliphatic carbocycles. The van der Waals surface area contributed by atoms with Gasteiger partial charge in [0, 0.05) is 0 Å². The van der Waals surface area contributed by atoms with E-state index in [1.54, 1.807) is 19.2 Å². The van der Waals surface area contributed by atoms with Gasteiger partial charge in [-0.2, -0.15) is 12.6 Å². The predicted octanol–water partition coefficient (Wildman–Crippen LogP) is 2.84. The zero-order chi connectivity index (χ0) is 11.1. The first-order chi connectivity index (χ1) is 7.31. The first-order valence-electron chi connectivity index (χ1n) is 4.72. The van der Waals surface area contributed by atoms with Gasteiger partial charge in [-0.25, -0.2) is 0 Å². The number of carbonyl (C=O) groups is 1. The van der Waals surface area contributed by atoms with E-state index in [0.717, 1.165) is 24.0 Å². The van der Waals surface area contributed by atoms with E-state index in [9.17, 15) is 4.79 Å². The molecule has 15 heavy (non-hydrogen) atoms. The third-order valence-electron chi connectivity index (χ3n) is 1.99. The van der Waals surface area contributed by atoms with Crippen molar-refractivity contribution in [3.05, 3.63) is 35.4 Å². The van der Waals surface area contributed by atoms with Crippen LogP contribution in [0.15, 0.2) is 24.3 Å². The zero-order valence-electron chi connectivity index (χ0n) is 8.64. The molecular weight excluding hydrogens is 208 g/mol. The molecule has 0 atom stereocenters. The second-order valence-corrected chi connectivity index (χ2v) is 3.48. The summed E-state index contributed by atoms with van der Waals surface area (Å²) < 4.78 is 5.05. The van der Waals surface area contributed by atoms with Crippen LogP contribution in [0.4, 0.5) is 0 Å². The molecule has 1 aromatic carbocycles. The average Bonchev–Trinajstić information content (AvgIpc) is 2.29. The highest BCUT2D eigenvalue weighted by Crippen LogP contribution is 2.18. The molecule has 0 saturated carbocycles. The van der Waals surface area contributed by atoms with Crippen LogP contribution in [0, 0.1) is 0 Å². The number of aldehydes is 1. The summed E-state index contributed by atoms with van der Waals surface area (Å²) in [6.45, 7) is 0. The molecule has 1 rings (SSSR count). The standard InChI is InChI=1S/C12H14O2S/c1-14-12-6-5-10(4-2-3-7-15)8-11(12)9-13/h2,4-6,8-9,15H,3,7H2,1H3. The summed E-state index contributed by atoms with van der Waals surface area (Å²) in [5.74, 6) is 1.43. The van der Waals surface area contributed by atoms with Crippen molar-refractivity contribution >= 4 is 25.0 Å². The van der Waals surface area contributed by atoms with Crippen molar-refractivity contribution in [2.24, 2.45) is 0 Å². The molecule has 0 aliphatic rings. The SMILES string of the molecule is COc1ccc(C=CCCS)cc1C=O. The highest BCUT2D eigenvalue weighted by molar-refractivity contribution is 7.80. The van der Waals surface area contributed by atoms with Crippen LogP contribution in [0.3, 0.4) is 0 Å². The fourth-order valence-electron chi connectivity index (χ4n) is 1.24. The number of hydrogen-bond donors (Lipinski definition) is 1. The molecule has 2 nitrogen and oxygen atoms in total. The summed E-state index contributed by atoms with van der Waals surface area (Å²) in [4.78, 5) is 10.8. The molecule has 3 heteroatoms. The summed E-state index contributed by atoms with van der Waals surface area (Å²) in [6.07, 6.45) is 5.73. The molecular formula is C12H14O2S. The van der Waals surface area contributed by atoms with E-state index in [1.807, 2.05) is 18.2 Å². The van der Waals surface area contributed by atoms with E-state index in [-0.39, 0.29) is 0 Å². The van der Waals surface area contributed by atoms with Crippen LogP contribution in [0.1, 0.15) is 22.3 Å². The maximum Gasteiger partial charge on any atom is 0.153 e. The number of carbonyl (C=O) groups excluding carboxylic acids is 1. The Hall–Kier alpha value is -1.22. The molecule has 0 aliphatic heterocycles. The van der Waals surface area contributed by atoms with Crippen molar-refractivity contribution in [3.8, 4) is 5.75 Å². The third kappa shape index (κ3) is 3.44. The number of thiol groups is 1. The molecule has 0 spiro atoms. The number of ether oxygens (including phenoxy) is 1. The highest BCUT2D eigenvalue weighted by Gasteiger charge is 2.00. The molecule has 0 aromatic heterocycles. The number of hydrogen-bond acceptors (Lipinski definition) is 3. The Kier molecular flexibility index (Phi) is 4.98. The fourth-order valence-corrected chi connectivity index (χ4v) is 1.39. The van der Waals surface area contributed by atoms with Crippen LogP contribution in [-0.2, 0) is 0 Å². The van der Waals surface area contributed by atoms with Gasteiger partial charge in [-0.1, -0.05) is 18.2 Å². The van der Waals surface area contributed by atoms with Crippen LogP contribution >= 0.6 is 12.6 Å². The van der Waals surface area contributed by atoms with Crippen LogP contribution in [-0.4, -0.2) is 19.1 Å². The van der Waals surface area contributed by atoms with Gasteiger partial charge in [0.05, 0.1) is 12.7 Å². The normalized spacial score (nSPS) is 10.5. The first kappa shape index (κ1) is 11.9. The summed E-state index contributed by atoms with van der Waals surface area (Å²) in [5, 5.41) is 0. The van der Waals surface area contributed by atoms with Gasteiger partial charge in [0.1, 0.15) is 5.75 Å². The maximum absolute atomic E-state index is 10.8. The molecule has 1 aromatic rings. The van der Waals surface area contributed by atoms with Gasteiger partial charge in [-0.05, 0) is 29.9 Å². The molecule has 0 radical (unpaired) electrons. The summed E-state index contributed by atoms with van der Waals surface area (Å²) in [7, 11) is 1.55. The van der Waals surface area contributed by atoms with Gasteiger partial charge in [0.25, 0.3) is 0 Å². The second-order valence-electron chi connectivity index (χ2n) is 3.03. The molecule has 0 saturated heterocycles. The number of benzene rings is 1. The smallest absolute Gasteiger partial charge is 0.153 e. The lowest BCUT2D eigenvalue weighted by Crippen LogP contribution is -1.90. The lowest BCUT2D eigenvalue weighted by atomic mass is 10.1. The minimum absolute atomic E-state index is 0.575. The second kappa shape index (κ2) is 6.30. The van der Waals surface area contributed by atoms with Gasteiger partial charge in [-0.3, -0.25) is 4.79 Å². The van der Waals surface area contributed by atoms with Crippen molar-refractivity contribution in [1.29, 1.82) is 0 Å². The predicted molar refractivity (Wildman–Crippen MR) is 65.9 cm³/mol. The molecule has 0 fully saturated rings. The molecule has 0 heterocycles. The fraction of sp³-hybridized carbons (Fsp3) is 0.250. The molecule has 0 unspecified atom stereocenters. The van der Waals surface area contributed by atoms with E-state index < -0.39 is 0 Å². The van der Waals surface area contributed by atoms with Gasteiger partial charge < -0.3 is 4.74 Å². The van der Waals surface area contributed by atoms with Crippen molar-refractivity contribution in [1.82, 2.24) is 0 Å². The van der Waals surface area contributed by atoms with E-state index in [0.29, 0.717) is 11.3 Å². The quantitative estimate of drug-likeness (QED) is 0.612. The van der Waals surface area contributed by atoms with Crippen molar-refractivity contribution in [3.63, 3.8) is 0 Å². The molecule has 80 valence electrons. The highest BCUT2D eigenvalue weighted by atomic mass is 32.1. The maximum atomic E-state index is 10.8. The number of allylic oxidation sites excluding steroid dienone is 1. The minimum atomic E-state index is 0.575. The first-order valence-corrected chi connectivity index (χ1v) is 5.35. The summed E-state index contributed by atoms with van der Waals surface area (Å²) in [5.41, 5.74) is 1.57. The third-order valence-corrected chi connectivity index (χ3v) is 2.24. The summed E-state index contributed by atoms with van der Waals surface area (Å²) in [6, 6.07) is 5.52. The van der Waals surface area contributed by atoms with Crippen molar-refractivity contribution in [2.75, 3.05) is 12.9 Å². The Labute approximate surface area is 95.4 Å². The topological polar surface area (TPSA) is 26.3 Å². The Bertz CT molecular complexity index is 359. The van der Waals surface area contributed by atoms with E-state index in [4.69, 9.17) is 4.74 Å². The van der Waals surface area contributed by atoms with Gasteiger partial charge in [-0.15, -0.1) is 0 Å². The monoisotopic (exact) mass is 222 g/mol. The van der Waals surface area contributed by atoms with Crippen molar-refractivity contribution in [2.45, 2.75) is 6.42 Å².